The number of hydrogen-bond acceptors (Lipinski definition) is 3. The van der Waals surface area contributed by atoms with E-state index in [4.69, 9.17) is 0 Å². The quantitative estimate of drug-likeness (QED) is 0.707. The van der Waals surface area contributed by atoms with Gasteiger partial charge in [0.15, 0.2) is 5.69 Å². The minimum atomic E-state index is -0.157. The third kappa shape index (κ3) is 3.65. The molecule has 3 aromatic rings. The van der Waals surface area contributed by atoms with E-state index in [1.807, 2.05) is 54.6 Å². The Morgan fingerprint density at radius 2 is 1.83 bits per heavy atom. The van der Waals surface area contributed by atoms with E-state index in [9.17, 15) is 4.79 Å². The third-order valence-electron chi connectivity index (χ3n) is 3.38. The normalized spacial score (nSPS) is 10.5. The Morgan fingerprint density at radius 1 is 1.13 bits per heavy atom. The molecule has 2 aromatic carbocycles. The molecule has 116 valence electrons. The van der Waals surface area contributed by atoms with Gasteiger partial charge < -0.3 is 4.90 Å². The van der Waals surface area contributed by atoms with Gasteiger partial charge in [0, 0.05) is 18.1 Å². The van der Waals surface area contributed by atoms with Crippen molar-refractivity contribution in [2.24, 2.45) is 0 Å². The summed E-state index contributed by atoms with van der Waals surface area (Å²) in [4.78, 5) is 15.5. The number of carbonyl (C=O) groups is 1. The molecule has 23 heavy (non-hydrogen) atoms. The molecule has 1 aromatic heterocycles. The van der Waals surface area contributed by atoms with Crippen LogP contribution in [0.25, 0.3) is 5.69 Å². The Bertz CT molecular complexity index is 799. The van der Waals surface area contributed by atoms with Gasteiger partial charge in [-0.1, -0.05) is 46.3 Å². The van der Waals surface area contributed by atoms with Crippen LogP contribution in [-0.2, 0) is 6.54 Å². The van der Waals surface area contributed by atoms with Gasteiger partial charge in [-0.2, -0.15) is 9.90 Å². The van der Waals surface area contributed by atoms with Crippen LogP contribution in [0, 0.1) is 0 Å². The molecular weight excluding hydrogens is 356 g/mol. The predicted molar refractivity (Wildman–Crippen MR) is 91.3 cm³/mol. The molecule has 1 amide bonds. The first kappa shape index (κ1) is 15.4. The number of nitrogens with zero attached hydrogens (tertiary/aromatic N) is 4. The molecule has 0 saturated heterocycles. The summed E-state index contributed by atoms with van der Waals surface area (Å²) in [6.07, 6.45) is 1.49. The van der Waals surface area contributed by atoms with Crippen LogP contribution in [-0.4, -0.2) is 32.8 Å². The minimum Gasteiger partial charge on any atom is -0.336 e. The molecular formula is C17H15BrN4O. The second-order valence-electron chi connectivity index (χ2n) is 5.14. The summed E-state index contributed by atoms with van der Waals surface area (Å²) in [7, 11) is 1.76. The molecule has 0 spiro atoms. The number of amides is 1. The van der Waals surface area contributed by atoms with Crippen molar-refractivity contribution >= 4 is 21.8 Å². The molecule has 0 aliphatic rings. The van der Waals surface area contributed by atoms with Crippen molar-refractivity contribution in [1.82, 2.24) is 19.9 Å². The summed E-state index contributed by atoms with van der Waals surface area (Å²) < 4.78 is 1.01. The molecule has 0 radical (unpaired) electrons. The zero-order chi connectivity index (χ0) is 16.2. The van der Waals surface area contributed by atoms with E-state index in [1.54, 1.807) is 11.9 Å². The topological polar surface area (TPSA) is 51.0 Å². The maximum atomic E-state index is 12.5. The monoisotopic (exact) mass is 370 g/mol. The highest BCUT2D eigenvalue weighted by molar-refractivity contribution is 9.10. The number of halogens is 1. The molecule has 0 bridgehead atoms. The van der Waals surface area contributed by atoms with Crippen molar-refractivity contribution in [3.8, 4) is 5.69 Å². The lowest BCUT2D eigenvalue weighted by molar-refractivity contribution is 0.0779. The van der Waals surface area contributed by atoms with Gasteiger partial charge in [-0.15, -0.1) is 5.10 Å². The van der Waals surface area contributed by atoms with E-state index in [0.29, 0.717) is 12.2 Å². The van der Waals surface area contributed by atoms with Gasteiger partial charge >= 0.3 is 0 Å². The van der Waals surface area contributed by atoms with Crippen LogP contribution in [0.3, 0.4) is 0 Å². The van der Waals surface area contributed by atoms with Gasteiger partial charge in [-0.25, -0.2) is 0 Å². The van der Waals surface area contributed by atoms with E-state index in [0.717, 1.165) is 15.7 Å². The highest BCUT2D eigenvalue weighted by Crippen LogP contribution is 2.13. The van der Waals surface area contributed by atoms with E-state index in [2.05, 4.69) is 26.1 Å². The van der Waals surface area contributed by atoms with Gasteiger partial charge in [0.25, 0.3) is 5.91 Å². The molecule has 0 aliphatic heterocycles. The van der Waals surface area contributed by atoms with E-state index >= 15 is 0 Å². The molecule has 0 N–H and O–H groups in total. The molecule has 0 unspecified atom stereocenters. The number of para-hydroxylation sites is 1. The maximum absolute atomic E-state index is 12.5. The lowest BCUT2D eigenvalue weighted by Gasteiger charge is -2.15. The van der Waals surface area contributed by atoms with Crippen molar-refractivity contribution in [2.75, 3.05) is 7.05 Å². The fraction of sp³-hybridized carbons (Fsp3) is 0.118. The molecule has 0 saturated carbocycles. The fourth-order valence-electron chi connectivity index (χ4n) is 2.18. The van der Waals surface area contributed by atoms with Gasteiger partial charge in [-0.3, -0.25) is 4.79 Å². The van der Waals surface area contributed by atoms with Crippen LogP contribution in [0.4, 0.5) is 0 Å². The molecule has 6 heteroatoms. The summed E-state index contributed by atoms with van der Waals surface area (Å²) >= 11 is 3.40. The van der Waals surface area contributed by atoms with Crippen LogP contribution in [0.2, 0.25) is 0 Å². The van der Waals surface area contributed by atoms with E-state index in [-0.39, 0.29) is 5.91 Å². The highest BCUT2D eigenvalue weighted by Gasteiger charge is 2.16. The molecule has 5 nitrogen and oxygen atoms in total. The number of benzene rings is 2. The summed E-state index contributed by atoms with van der Waals surface area (Å²) in [5.74, 6) is -0.157. The number of aromatic nitrogens is 3. The molecule has 3 rings (SSSR count). The van der Waals surface area contributed by atoms with Crippen molar-refractivity contribution in [3.05, 3.63) is 76.5 Å². The van der Waals surface area contributed by atoms with Gasteiger partial charge in [0.05, 0.1) is 11.9 Å². The Kier molecular flexibility index (Phi) is 4.52. The summed E-state index contributed by atoms with van der Waals surface area (Å²) in [5.41, 5.74) is 2.20. The van der Waals surface area contributed by atoms with Crippen LogP contribution in [0.1, 0.15) is 16.1 Å². The maximum Gasteiger partial charge on any atom is 0.276 e. The number of carbonyl (C=O) groups excluding carboxylic acids is 1. The SMILES string of the molecule is CN(Cc1ccc(Br)cc1)C(=O)c1cnn(-c2ccccc2)n1. The minimum absolute atomic E-state index is 0.157. The largest absolute Gasteiger partial charge is 0.336 e. The third-order valence-corrected chi connectivity index (χ3v) is 3.91. The first-order chi connectivity index (χ1) is 11.1. The molecule has 1 heterocycles. The zero-order valence-electron chi connectivity index (χ0n) is 12.6. The highest BCUT2D eigenvalue weighted by atomic mass is 79.9. The van der Waals surface area contributed by atoms with Crippen LogP contribution in [0.15, 0.2) is 65.3 Å². The van der Waals surface area contributed by atoms with Crippen molar-refractivity contribution in [3.63, 3.8) is 0 Å². The van der Waals surface area contributed by atoms with Gasteiger partial charge in [0.2, 0.25) is 0 Å². The van der Waals surface area contributed by atoms with Crippen molar-refractivity contribution in [1.29, 1.82) is 0 Å². The average Bonchev–Trinajstić information content (AvgIpc) is 3.07. The molecule has 0 aliphatic carbocycles. The second kappa shape index (κ2) is 6.75. The average molecular weight is 371 g/mol. The second-order valence-corrected chi connectivity index (χ2v) is 6.06. The first-order valence-electron chi connectivity index (χ1n) is 7.11. The van der Waals surface area contributed by atoms with Crippen molar-refractivity contribution < 1.29 is 4.79 Å². The Balaban J connectivity index is 1.72. The lowest BCUT2D eigenvalue weighted by atomic mass is 10.2. The summed E-state index contributed by atoms with van der Waals surface area (Å²) in [6.45, 7) is 0.518. The fourth-order valence-corrected chi connectivity index (χ4v) is 2.44. The zero-order valence-corrected chi connectivity index (χ0v) is 14.1. The van der Waals surface area contributed by atoms with Crippen LogP contribution >= 0.6 is 15.9 Å². The Hall–Kier alpha value is -2.47. The van der Waals surface area contributed by atoms with Crippen molar-refractivity contribution in [2.45, 2.75) is 6.54 Å². The van der Waals surface area contributed by atoms with E-state index in [1.165, 1.54) is 11.0 Å². The smallest absolute Gasteiger partial charge is 0.276 e. The van der Waals surface area contributed by atoms with Gasteiger partial charge in [-0.05, 0) is 29.8 Å². The summed E-state index contributed by atoms with van der Waals surface area (Å²) in [6, 6.07) is 17.4. The Labute approximate surface area is 142 Å². The van der Waals surface area contributed by atoms with Gasteiger partial charge in [0.1, 0.15) is 0 Å². The number of rotatable bonds is 4. The standard InChI is InChI=1S/C17H15BrN4O/c1-21(12-13-7-9-14(18)10-8-13)17(23)16-11-19-22(20-16)15-5-3-2-4-6-15/h2-11H,12H2,1H3. The molecule has 0 fully saturated rings. The van der Waals surface area contributed by atoms with Crippen LogP contribution < -0.4 is 0 Å². The first-order valence-corrected chi connectivity index (χ1v) is 7.90. The molecule has 0 atom stereocenters. The number of hydrogen-bond donors (Lipinski definition) is 0. The van der Waals surface area contributed by atoms with Crippen LogP contribution in [0.5, 0.6) is 0 Å². The summed E-state index contributed by atoms with van der Waals surface area (Å²) in [5, 5.41) is 8.42. The lowest BCUT2D eigenvalue weighted by Crippen LogP contribution is -2.26. The van der Waals surface area contributed by atoms with E-state index < -0.39 is 0 Å². The predicted octanol–water partition coefficient (Wildman–Crippen LogP) is 3.30. The Morgan fingerprint density at radius 3 is 2.52 bits per heavy atom.